The van der Waals surface area contributed by atoms with Crippen LogP contribution in [0.25, 0.3) is 5.65 Å². The summed E-state index contributed by atoms with van der Waals surface area (Å²) in [7, 11) is -3.74. The van der Waals surface area contributed by atoms with Gasteiger partial charge in [0.15, 0.2) is 5.65 Å². The highest BCUT2D eigenvalue weighted by molar-refractivity contribution is 7.89. The van der Waals surface area contributed by atoms with E-state index in [1.165, 1.54) is 6.92 Å². The Morgan fingerprint density at radius 2 is 1.93 bits per heavy atom. The molecular formula is C21H25N5O3S. The molecule has 1 amide bonds. The lowest BCUT2D eigenvalue weighted by molar-refractivity contribution is -0.114. The van der Waals surface area contributed by atoms with Crippen LogP contribution in [0.3, 0.4) is 0 Å². The smallest absolute Gasteiger partial charge is 0.243 e. The number of benzene rings is 1. The molecule has 1 aliphatic rings. The van der Waals surface area contributed by atoms with Crippen molar-refractivity contribution in [3.63, 3.8) is 0 Å². The third-order valence-electron chi connectivity index (χ3n) is 5.47. The monoisotopic (exact) mass is 427 g/mol. The molecule has 1 aliphatic heterocycles. The number of aryl methyl sites for hydroxylation is 3. The van der Waals surface area contributed by atoms with Crippen LogP contribution in [0.2, 0.25) is 0 Å². The Kier molecular flexibility index (Phi) is 5.11. The highest BCUT2D eigenvalue weighted by Crippen LogP contribution is 2.38. The van der Waals surface area contributed by atoms with E-state index in [2.05, 4.69) is 15.4 Å². The van der Waals surface area contributed by atoms with Crippen molar-refractivity contribution in [3.05, 3.63) is 53.0 Å². The van der Waals surface area contributed by atoms with E-state index in [9.17, 15) is 13.2 Å². The van der Waals surface area contributed by atoms with Gasteiger partial charge in [0.25, 0.3) is 0 Å². The van der Waals surface area contributed by atoms with E-state index < -0.39 is 10.0 Å². The summed E-state index contributed by atoms with van der Waals surface area (Å²) in [5.41, 5.74) is 4.30. The van der Waals surface area contributed by atoms with Gasteiger partial charge >= 0.3 is 0 Å². The van der Waals surface area contributed by atoms with Crippen LogP contribution >= 0.6 is 0 Å². The predicted octanol–water partition coefficient (Wildman–Crippen LogP) is 3.14. The van der Waals surface area contributed by atoms with Gasteiger partial charge in [0.2, 0.25) is 15.9 Å². The minimum absolute atomic E-state index is 0.191. The van der Waals surface area contributed by atoms with Gasteiger partial charge in [0.05, 0.1) is 22.3 Å². The van der Waals surface area contributed by atoms with E-state index >= 15 is 0 Å². The van der Waals surface area contributed by atoms with Gasteiger partial charge in [-0.15, -0.1) is 0 Å². The second-order valence-corrected chi connectivity index (χ2v) is 9.67. The number of nitrogens with zero attached hydrogens (tertiary/aromatic N) is 4. The lowest BCUT2D eigenvalue weighted by Gasteiger charge is -2.26. The SMILES string of the molecule is CC(=O)Nc1cc(C)c(S(=O)(=O)N2CCC[C@@H]2c2ccnc3cc(C)nn23)cc1C. The zero-order valence-electron chi connectivity index (χ0n) is 17.5. The van der Waals surface area contributed by atoms with Gasteiger partial charge < -0.3 is 5.32 Å². The van der Waals surface area contributed by atoms with Gasteiger partial charge in [-0.3, -0.25) is 4.79 Å². The van der Waals surface area contributed by atoms with Gasteiger partial charge in [0.1, 0.15) is 0 Å². The fourth-order valence-corrected chi connectivity index (χ4v) is 6.08. The number of sulfonamides is 1. The molecule has 9 heteroatoms. The first-order chi connectivity index (χ1) is 14.2. The van der Waals surface area contributed by atoms with Crippen LogP contribution in [-0.2, 0) is 14.8 Å². The molecule has 1 N–H and O–H groups in total. The molecule has 4 rings (SSSR count). The fourth-order valence-electron chi connectivity index (χ4n) is 4.12. The molecule has 1 fully saturated rings. The maximum Gasteiger partial charge on any atom is 0.243 e. The number of hydrogen-bond acceptors (Lipinski definition) is 5. The van der Waals surface area contributed by atoms with Crippen molar-refractivity contribution in [2.24, 2.45) is 0 Å². The molecule has 1 aromatic carbocycles. The molecule has 0 saturated carbocycles. The number of amides is 1. The summed E-state index contributed by atoms with van der Waals surface area (Å²) < 4.78 is 30.6. The standard InChI is InChI=1S/C21H25N5O3S/c1-13-11-20(14(2)10-17(13)23-16(4)27)30(28,29)25-9-5-6-18(25)19-7-8-22-21-12-15(3)24-26(19)21/h7-8,10-12,18H,5-6,9H2,1-4H3,(H,23,27)/t18-/m1/s1. The molecule has 2 aromatic heterocycles. The van der Waals surface area contributed by atoms with E-state index in [0.717, 1.165) is 24.2 Å². The summed E-state index contributed by atoms with van der Waals surface area (Å²) in [6.45, 7) is 7.32. The summed E-state index contributed by atoms with van der Waals surface area (Å²) in [5, 5.41) is 7.26. The van der Waals surface area contributed by atoms with Crippen molar-refractivity contribution >= 4 is 27.3 Å². The second kappa shape index (κ2) is 7.48. The minimum atomic E-state index is -3.74. The summed E-state index contributed by atoms with van der Waals surface area (Å²) in [4.78, 5) is 16.0. The number of hydrogen-bond donors (Lipinski definition) is 1. The van der Waals surface area contributed by atoms with Crippen LogP contribution in [0.1, 0.15) is 48.3 Å². The van der Waals surface area contributed by atoms with Crippen molar-refractivity contribution in [3.8, 4) is 0 Å². The molecule has 1 saturated heterocycles. The lowest BCUT2D eigenvalue weighted by Crippen LogP contribution is -2.32. The quantitative estimate of drug-likeness (QED) is 0.690. The maximum absolute atomic E-state index is 13.7. The van der Waals surface area contributed by atoms with Crippen molar-refractivity contribution < 1.29 is 13.2 Å². The van der Waals surface area contributed by atoms with Crippen molar-refractivity contribution in [2.45, 2.75) is 51.5 Å². The number of aromatic nitrogens is 3. The van der Waals surface area contributed by atoms with Crippen LogP contribution in [-0.4, -0.2) is 39.8 Å². The summed E-state index contributed by atoms with van der Waals surface area (Å²) >= 11 is 0. The fraction of sp³-hybridized carbons (Fsp3) is 0.381. The van der Waals surface area contributed by atoms with Crippen LogP contribution < -0.4 is 5.32 Å². The zero-order chi connectivity index (χ0) is 21.6. The predicted molar refractivity (Wildman–Crippen MR) is 114 cm³/mol. The Morgan fingerprint density at radius 3 is 2.67 bits per heavy atom. The Hall–Kier alpha value is -2.78. The average Bonchev–Trinajstić information content (AvgIpc) is 3.29. The molecule has 3 heterocycles. The molecule has 0 spiro atoms. The molecule has 0 aliphatic carbocycles. The Morgan fingerprint density at radius 1 is 1.17 bits per heavy atom. The largest absolute Gasteiger partial charge is 0.326 e. The van der Waals surface area contributed by atoms with E-state index in [1.807, 2.05) is 19.1 Å². The number of nitrogens with one attached hydrogen (secondary N) is 1. The number of carbonyl (C=O) groups excluding carboxylic acids is 1. The summed E-state index contributed by atoms with van der Waals surface area (Å²) in [6, 6.07) is 6.78. The highest BCUT2D eigenvalue weighted by atomic mass is 32.2. The number of rotatable bonds is 4. The normalized spacial score (nSPS) is 17.5. The van der Waals surface area contributed by atoms with E-state index in [0.29, 0.717) is 29.0 Å². The molecular weight excluding hydrogens is 402 g/mol. The minimum Gasteiger partial charge on any atom is -0.326 e. The molecule has 3 aromatic rings. The highest BCUT2D eigenvalue weighted by Gasteiger charge is 2.38. The van der Waals surface area contributed by atoms with Crippen molar-refractivity contribution in [1.29, 1.82) is 0 Å². The topological polar surface area (TPSA) is 96.7 Å². The summed E-state index contributed by atoms with van der Waals surface area (Å²) in [6.07, 6.45) is 3.20. The maximum atomic E-state index is 13.7. The molecule has 0 unspecified atom stereocenters. The molecule has 0 bridgehead atoms. The third-order valence-corrected chi connectivity index (χ3v) is 7.52. The molecule has 30 heavy (non-hydrogen) atoms. The molecule has 0 radical (unpaired) electrons. The molecule has 158 valence electrons. The number of carbonyl (C=O) groups is 1. The first-order valence-corrected chi connectivity index (χ1v) is 11.3. The van der Waals surface area contributed by atoms with Gasteiger partial charge in [-0.2, -0.15) is 9.40 Å². The number of fused-ring (bicyclic) bond motifs is 1. The molecule has 8 nitrogen and oxygen atoms in total. The van der Waals surface area contributed by atoms with Crippen LogP contribution in [0.5, 0.6) is 0 Å². The molecule has 1 atom stereocenters. The lowest BCUT2D eigenvalue weighted by atomic mass is 10.1. The van der Waals surface area contributed by atoms with Crippen LogP contribution in [0.4, 0.5) is 5.69 Å². The van der Waals surface area contributed by atoms with Crippen LogP contribution in [0.15, 0.2) is 35.4 Å². The van der Waals surface area contributed by atoms with Gasteiger partial charge in [-0.25, -0.2) is 17.9 Å². The Labute approximate surface area is 176 Å². The van der Waals surface area contributed by atoms with Crippen molar-refractivity contribution in [1.82, 2.24) is 18.9 Å². The zero-order valence-corrected chi connectivity index (χ0v) is 18.3. The van der Waals surface area contributed by atoms with Crippen molar-refractivity contribution in [2.75, 3.05) is 11.9 Å². The first-order valence-electron chi connectivity index (χ1n) is 9.90. The van der Waals surface area contributed by atoms with E-state index in [1.54, 1.807) is 41.0 Å². The second-order valence-electron chi connectivity index (χ2n) is 7.81. The van der Waals surface area contributed by atoms with Gasteiger partial charge in [-0.05, 0) is 62.9 Å². The Balaban J connectivity index is 1.77. The number of anilines is 1. The summed E-state index contributed by atoms with van der Waals surface area (Å²) in [5.74, 6) is -0.191. The Bertz CT molecular complexity index is 1250. The van der Waals surface area contributed by atoms with Gasteiger partial charge in [-0.1, -0.05) is 0 Å². The van der Waals surface area contributed by atoms with E-state index in [4.69, 9.17) is 0 Å². The first kappa shape index (κ1) is 20.5. The third kappa shape index (κ3) is 3.48. The average molecular weight is 428 g/mol. The van der Waals surface area contributed by atoms with E-state index in [-0.39, 0.29) is 16.8 Å². The van der Waals surface area contributed by atoms with Gasteiger partial charge in [0, 0.05) is 31.4 Å². The van der Waals surface area contributed by atoms with Crippen LogP contribution in [0, 0.1) is 20.8 Å².